The summed E-state index contributed by atoms with van der Waals surface area (Å²) in [7, 11) is 0. The van der Waals surface area contributed by atoms with Gasteiger partial charge >= 0.3 is 0 Å². The van der Waals surface area contributed by atoms with Crippen LogP contribution in [0.1, 0.15) is 50.4 Å². The maximum atomic E-state index is 9.94. The molecule has 1 atom stereocenters. The van der Waals surface area contributed by atoms with Crippen LogP contribution in [-0.4, -0.2) is 30.1 Å². The zero-order valence-electron chi connectivity index (χ0n) is 10.7. The maximum absolute atomic E-state index is 9.94. The van der Waals surface area contributed by atoms with Crippen LogP contribution in [0.25, 0.3) is 0 Å². The van der Waals surface area contributed by atoms with Crippen LogP contribution in [0.3, 0.4) is 0 Å². The van der Waals surface area contributed by atoms with Gasteiger partial charge < -0.3 is 5.11 Å². The van der Waals surface area contributed by atoms with E-state index in [1.54, 1.807) is 0 Å². The Bertz CT molecular complexity index is 461. The number of nitrogens with one attached hydrogen (secondary N) is 1. The lowest BCUT2D eigenvalue weighted by atomic mass is 10.2. The lowest BCUT2D eigenvalue weighted by Gasteiger charge is -2.12. The molecule has 18 heavy (non-hydrogen) atoms. The first-order valence-electron chi connectivity index (χ1n) is 6.32. The van der Waals surface area contributed by atoms with Gasteiger partial charge in [0.2, 0.25) is 0 Å². The zero-order chi connectivity index (χ0) is 13.0. The molecule has 0 bridgehead atoms. The Kier molecular flexibility index (Phi) is 4.09. The van der Waals surface area contributed by atoms with E-state index in [4.69, 9.17) is 0 Å². The largest absolute Gasteiger partial charge is 0.385 e. The summed E-state index contributed by atoms with van der Waals surface area (Å²) < 4.78 is 1.97. The van der Waals surface area contributed by atoms with Gasteiger partial charge in [0.1, 0.15) is 12.4 Å². The van der Waals surface area contributed by atoms with E-state index in [2.05, 4.69) is 34.1 Å². The molecule has 0 aromatic carbocycles. The summed E-state index contributed by atoms with van der Waals surface area (Å²) in [6, 6.07) is 2.37. The molecule has 0 saturated heterocycles. The number of aliphatic hydroxyl groups is 1. The van der Waals surface area contributed by atoms with E-state index in [1.807, 2.05) is 16.9 Å². The minimum absolute atomic E-state index is 0.432. The van der Waals surface area contributed by atoms with Crippen LogP contribution < -0.4 is 0 Å². The zero-order valence-corrected chi connectivity index (χ0v) is 10.7. The number of nitrogens with zero attached hydrogens (tertiary/aromatic N) is 4. The highest BCUT2D eigenvalue weighted by molar-refractivity contribution is 5.04. The van der Waals surface area contributed by atoms with Crippen LogP contribution >= 0.6 is 0 Å². The first kappa shape index (κ1) is 12.8. The molecule has 0 spiro atoms. The molecule has 0 radical (unpaired) electrons. The van der Waals surface area contributed by atoms with E-state index < -0.39 is 6.10 Å². The summed E-state index contributed by atoms with van der Waals surface area (Å²) in [5.74, 6) is 0.479. The average molecular weight is 249 g/mol. The monoisotopic (exact) mass is 249 g/mol. The summed E-state index contributed by atoms with van der Waals surface area (Å²) in [4.78, 5) is 3.94. The molecule has 6 heteroatoms. The fraction of sp³-hybridized carbons (Fsp3) is 0.583. The molecule has 0 aliphatic heterocycles. The third-order valence-corrected chi connectivity index (χ3v) is 3.13. The first-order valence-corrected chi connectivity index (χ1v) is 6.32. The SMILES string of the molecule is CCC(CC)n1ccc(CC(O)c2ncn[nH]2)n1. The molecule has 2 aromatic heterocycles. The van der Waals surface area contributed by atoms with Gasteiger partial charge in [-0.05, 0) is 18.9 Å². The fourth-order valence-electron chi connectivity index (χ4n) is 2.02. The summed E-state index contributed by atoms with van der Waals surface area (Å²) in [6.07, 6.45) is 5.24. The maximum Gasteiger partial charge on any atom is 0.153 e. The van der Waals surface area contributed by atoms with Crippen LogP contribution in [0.5, 0.6) is 0 Å². The lowest BCUT2D eigenvalue weighted by molar-refractivity contribution is 0.167. The summed E-state index contributed by atoms with van der Waals surface area (Å²) in [5, 5.41) is 20.8. The van der Waals surface area contributed by atoms with Gasteiger partial charge in [-0.1, -0.05) is 13.8 Å². The Hall–Kier alpha value is -1.69. The van der Waals surface area contributed by atoms with Crippen molar-refractivity contribution in [2.75, 3.05) is 0 Å². The number of hydrogen-bond donors (Lipinski definition) is 2. The highest BCUT2D eigenvalue weighted by Crippen LogP contribution is 2.17. The van der Waals surface area contributed by atoms with Crippen LogP contribution in [0.4, 0.5) is 0 Å². The number of H-pyrrole nitrogens is 1. The lowest BCUT2D eigenvalue weighted by Crippen LogP contribution is -2.09. The highest BCUT2D eigenvalue weighted by atomic mass is 16.3. The average Bonchev–Trinajstić information content (AvgIpc) is 3.01. The van der Waals surface area contributed by atoms with Gasteiger partial charge in [0, 0.05) is 12.6 Å². The Morgan fingerprint density at radius 2 is 2.17 bits per heavy atom. The van der Waals surface area contributed by atoms with Gasteiger partial charge in [-0.3, -0.25) is 9.78 Å². The van der Waals surface area contributed by atoms with Gasteiger partial charge in [0.25, 0.3) is 0 Å². The molecule has 2 N–H and O–H groups in total. The molecule has 2 heterocycles. The molecule has 0 aliphatic rings. The van der Waals surface area contributed by atoms with E-state index in [9.17, 15) is 5.11 Å². The van der Waals surface area contributed by atoms with Crippen molar-refractivity contribution < 1.29 is 5.11 Å². The van der Waals surface area contributed by atoms with Gasteiger partial charge in [0.15, 0.2) is 5.82 Å². The van der Waals surface area contributed by atoms with E-state index in [1.165, 1.54) is 6.33 Å². The normalized spacial score (nSPS) is 13.1. The van der Waals surface area contributed by atoms with Gasteiger partial charge in [0.05, 0.1) is 11.7 Å². The van der Waals surface area contributed by atoms with Gasteiger partial charge in [-0.25, -0.2) is 4.98 Å². The van der Waals surface area contributed by atoms with Crippen molar-refractivity contribution in [2.24, 2.45) is 0 Å². The molecule has 0 aliphatic carbocycles. The number of aliphatic hydroxyl groups excluding tert-OH is 1. The van der Waals surface area contributed by atoms with Crippen LogP contribution in [0, 0.1) is 0 Å². The second kappa shape index (κ2) is 5.77. The van der Waals surface area contributed by atoms with E-state index >= 15 is 0 Å². The van der Waals surface area contributed by atoms with Crippen molar-refractivity contribution in [3.8, 4) is 0 Å². The third kappa shape index (κ3) is 2.76. The van der Waals surface area contributed by atoms with Crippen LogP contribution in [0.15, 0.2) is 18.6 Å². The van der Waals surface area contributed by atoms with E-state index in [-0.39, 0.29) is 0 Å². The Balaban J connectivity index is 2.02. The van der Waals surface area contributed by atoms with E-state index in [0.29, 0.717) is 18.3 Å². The number of aromatic nitrogens is 5. The number of rotatable bonds is 6. The minimum atomic E-state index is -0.683. The molecule has 2 rings (SSSR count). The molecular weight excluding hydrogens is 230 g/mol. The highest BCUT2D eigenvalue weighted by Gasteiger charge is 2.14. The number of aromatic amines is 1. The quantitative estimate of drug-likeness (QED) is 0.815. The van der Waals surface area contributed by atoms with Crippen LogP contribution in [-0.2, 0) is 6.42 Å². The molecule has 6 nitrogen and oxygen atoms in total. The predicted molar refractivity (Wildman–Crippen MR) is 66.9 cm³/mol. The molecule has 2 aromatic rings. The predicted octanol–water partition coefficient (Wildman–Crippen LogP) is 1.64. The van der Waals surface area contributed by atoms with Crippen molar-refractivity contribution in [3.05, 3.63) is 30.1 Å². The number of hydrogen-bond acceptors (Lipinski definition) is 4. The Labute approximate surface area is 106 Å². The second-order valence-electron chi connectivity index (χ2n) is 4.35. The smallest absolute Gasteiger partial charge is 0.153 e. The summed E-state index contributed by atoms with van der Waals surface area (Å²) >= 11 is 0. The fourth-order valence-corrected chi connectivity index (χ4v) is 2.02. The summed E-state index contributed by atoms with van der Waals surface area (Å²) in [5.41, 5.74) is 0.866. The van der Waals surface area contributed by atoms with Crippen molar-refractivity contribution in [2.45, 2.75) is 45.3 Å². The molecule has 0 saturated carbocycles. The van der Waals surface area contributed by atoms with Gasteiger partial charge in [-0.15, -0.1) is 0 Å². The third-order valence-electron chi connectivity index (χ3n) is 3.13. The van der Waals surface area contributed by atoms with Crippen molar-refractivity contribution in [1.82, 2.24) is 25.0 Å². The molecule has 0 amide bonds. The van der Waals surface area contributed by atoms with Gasteiger partial charge in [-0.2, -0.15) is 10.2 Å². The van der Waals surface area contributed by atoms with Crippen molar-refractivity contribution >= 4 is 0 Å². The Morgan fingerprint density at radius 3 is 2.78 bits per heavy atom. The minimum Gasteiger partial charge on any atom is -0.385 e. The van der Waals surface area contributed by atoms with Crippen LogP contribution in [0.2, 0.25) is 0 Å². The summed E-state index contributed by atoms with van der Waals surface area (Å²) in [6.45, 7) is 4.30. The topological polar surface area (TPSA) is 79.6 Å². The molecular formula is C12H19N5O. The van der Waals surface area contributed by atoms with Crippen molar-refractivity contribution in [1.29, 1.82) is 0 Å². The van der Waals surface area contributed by atoms with Crippen molar-refractivity contribution in [3.63, 3.8) is 0 Å². The standard InChI is InChI=1S/C12H19N5O/c1-3-10(4-2)17-6-5-9(16-17)7-11(18)12-13-8-14-15-12/h5-6,8,10-11,18H,3-4,7H2,1-2H3,(H,13,14,15). The Morgan fingerprint density at radius 1 is 1.39 bits per heavy atom. The van der Waals surface area contributed by atoms with E-state index in [0.717, 1.165) is 18.5 Å². The second-order valence-corrected chi connectivity index (χ2v) is 4.35. The molecule has 98 valence electrons. The first-order chi connectivity index (χ1) is 8.74. The molecule has 1 unspecified atom stereocenters. The molecule has 0 fully saturated rings.